The number of aliphatic hydroxyl groups is 1. The van der Waals surface area contributed by atoms with Gasteiger partial charge in [0.25, 0.3) is 0 Å². The normalized spacial score (nSPS) is 13.8. The van der Waals surface area contributed by atoms with Crippen LogP contribution in [0.4, 0.5) is 0 Å². The van der Waals surface area contributed by atoms with Gasteiger partial charge in [-0.3, -0.25) is 0 Å². The highest BCUT2D eigenvalue weighted by Gasteiger charge is 2.27. The summed E-state index contributed by atoms with van der Waals surface area (Å²) in [4.78, 5) is 0.0745. The molecule has 1 aromatic heterocycles. The van der Waals surface area contributed by atoms with Crippen LogP contribution in [0.15, 0.2) is 9.31 Å². The number of hydrogen-bond donors (Lipinski definition) is 2. The molecule has 1 rings (SSSR count). The van der Waals surface area contributed by atoms with Crippen LogP contribution >= 0.6 is 0 Å². The van der Waals surface area contributed by atoms with Crippen molar-refractivity contribution >= 4 is 10.0 Å². The molecule has 1 heterocycles. The Bertz CT molecular complexity index is 504. The van der Waals surface area contributed by atoms with Gasteiger partial charge < -0.3 is 9.52 Å². The van der Waals surface area contributed by atoms with Gasteiger partial charge in [0, 0.05) is 11.6 Å². The summed E-state index contributed by atoms with van der Waals surface area (Å²) in [7, 11) is -3.64. The van der Waals surface area contributed by atoms with Crippen LogP contribution in [0.1, 0.15) is 43.8 Å². The first-order valence-electron chi connectivity index (χ1n) is 6.05. The zero-order valence-electron chi connectivity index (χ0n) is 11.3. The van der Waals surface area contributed by atoms with Crippen LogP contribution in [0.2, 0.25) is 0 Å². The summed E-state index contributed by atoms with van der Waals surface area (Å²) in [6, 6.07) is -0.138. The third kappa shape index (κ3) is 3.13. The molecule has 0 bridgehead atoms. The van der Waals surface area contributed by atoms with E-state index in [9.17, 15) is 13.5 Å². The van der Waals surface area contributed by atoms with E-state index in [0.717, 1.165) is 12.8 Å². The Labute approximate surface area is 108 Å². The molecular weight excluding hydrogens is 254 g/mol. The fourth-order valence-corrected chi connectivity index (χ4v) is 3.78. The van der Waals surface area contributed by atoms with E-state index in [1.165, 1.54) is 0 Å². The predicted molar refractivity (Wildman–Crippen MR) is 68.8 cm³/mol. The van der Waals surface area contributed by atoms with Gasteiger partial charge in [0.05, 0.1) is 6.61 Å². The Hall–Kier alpha value is -0.850. The average Bonchev–Trinajstić information content (AvgIpc) is 2.52. The molecule has 1 unspecified atom stereocenters. The van der Waals surface area contributed by atoms with Crippen molar-refractivity contribution in [1.82, 2.24) is 4.72 Å². The summed E-state index contributed by atoms with van der Waals surface area (Å²) in [5, 5.41) is 9.26. The molecule has 0 spiro atoms. The Morgan fingerprint density at radius 1 is 1.33 bits per heavy atom. The van der Waals surface area contributed by atoms with Crippen LogP contribution in [-0.2, 0) is 16.6 Å². The molecule has 0 fully saturated rings. The molecule has 0 saturated heterocycles. The van der Waals surface area contributed by atoms with Gasteiger partial charge in [0.2, 0.25) is 10.0 Å². The second-order valence-corrected chi connectivity index (χ2v) is 6.14. The summed E-state index contributed by atoms with van der Waals surface area (Å²) < 4.78 is 32.4. The van der Waals surface area contributed by atoms with Crippen molar-refractivity contribution in [3.8, 4) is 0 Å². The molecule has 0 radical (unpaired) electrons. The largest absolute Gasteiger partial charge is 0.465 e. The zero-order valence-corrected chi connectivity index (χ0v) is 12.1. The number of furan rings is 1. The summed E-state index contributed by atoms with van der Waals surface area (Å²) in [6.45, 7) is 6.71. The SMILES string of the molecule is CCCC(C)NS(=O)(=O)c1c(C)oc(C)c1CO. The molecule has 1 aromatic rings. The topological polar surface area (TPSA) is 79.5 Å². The molecule has 6 heteroatoms. The average molecular weight is 275 g/mol. The lowest BCUT2D eigenvalue weighted by Gasteiger charge is -2.13. The predicted octanol–water partition coefficient (Wildman–Crippen LogP) is 1.86. The quantitative estimate of drug-likeness (QED) is 0.830. The van der Waals surface area contributed by atoms with E-state index >= 15 is 0 Å². The Morgan fingerprint density at radius 2 is 1.94 bits per heavy atom. The first kappa shape index (κ1) is 15.2. The Kier molecular flexibility index (Phi) is 4.95. The second kappa shape index (κ2) is 5.86. The van der Waals surface area contributed by atoms with Crippen LogP contribution < -0.4 is 4.72 Å². The minimum absolute atomic E-state index is 0.0745. The molecule has 0 saturated carbocycles. The molecule has 0 aromatic carbocycles. The van der Waals surface area contributed by atoms with Crippen LogP contribution in [0, 0.1) is 13.8 Å². The number of sulfonamides is 1. The lowest BCUT2D eigenvalue weighted by atomic mass is 10.2. The molecule has 1 atom stereocenters. The fourth-order valence-electron chi connectivity index (χ4n) is 2.06. The third-order valence-corrected chi connectivity index (χ3v) is 4.61. The van der Waals surface area contributed by atoms with Crippen molar-refractivity contribution in [1.29, 1.82) is 0 Å². The number of nitrogens with one attached hydrogen (secondary N) is 1. The van der Waals surface area contributed by atoms with Gasteiger partial charge in [-0.25, -0.2) is 13.1 Å². The van der Waals surface area contributed by atoms with Crippen molar-refractivity contribution in [3.63, 3.8) is 0 Å². The molecule has 104 valence electrons. The smallest absolute Gasteiger partial charge is 0.244 e. The van der Waals surface area contributed by atoms with Gasteiger partial charge >= 0.3 is 0 Å². The number of hydrogen-bond acceptors (Lipinski definition) is 4. The number of aliphatic hydroxyl groups excluding tert-OH is 1. The molecule has 0 aliphatic heterocycles. The van der Waals surface area contributed by atoms with Crippen molar-refractivity contribution in [3.05, 3.63) is 17.1 Å². The van der Waals surface area contributed by atoms with Crippen molar-refractivity contribution in [2.75, 3.05) is 0 Å². The summed E-state index contributed by atoms with van der Waals surface area (Å²) >= 11 is 0. The second-order valence-electron chi connectivity index (χ2n) is 4.49. The van der Waals surface area contributed by atoms with Crippen molar-refractivity contribution in [2.24, 2.45) is 0 Å². The first-order valence-corrected chi connectivity index (χ1v) is 7.53. The third-order valence-electron chi connectivity index (χ3n) is 2.83. The molecule has 5 nitrogen and oxygen atoms in total. The molecule has 0 aliphatic carbocycles. The lowest BCUT2D eigenvalue weighted by molar-refractivity contribution is 0.276. The van der Waals surface area contributed by atoms with E-state index in [2.05, 4.69) is 4.72 Å². The highest BCUT2D eigenvalue weighted by molar-refractivity contribution is 7.89. The van der Waals surface area contributed by atoms with Crippen LogP contribution in [0.3, 0.4) is 0 Å². The first-order chi connectivity index (χ1) is 8.33. The van der Waals surface area contributed by atoms with Gasteiger partial charge in [-0.2, -0.15) is 0 Å². The standard InChI is InChI=1S/C12H21NO4S/c1-5-6-8(2)13-18(15,16)12-10(4)17-9(3)11(12)7-14/h8,13-14H,5-7H2,1-4H3. The Morgan fingerprint density at radius 3 is 2.44 bits per heavy atom. The van der Waals surface area contributed by atoms with Crippen LogP contribution in [-0.4, -0.2) is 19.6 Å². The molecule has 0 amide bonds. The van der Waals surface area contributed by atoms with Crippen LogP contribution in [0.25, 0.3) is 0 Å². The van der Waals surface area contributed by atoms with Gasteiger partial charge in [-0.1, -0.05) is 13.3 Å². The summed E-state index contributed by atoms with van der Waals surface area (Å²) in [5.74, 6) is 0.756. The van der Waals surface area contributed by atoms with E-state index in [0.29, 0.717) is 17.1 Å². The summed E-state index contributed by atoms with van der Waals surface area (Å²) in [6.07, 6.45) is 1.67. The highest BCUT2D eigenvalue weighted by atomic mass is 32.2. The molecule has 18 heavy (non-hydrogen) atoms. The van der Waals surface area contributed by atoms with Crippen LogP contribution in [0.5, 0.6) is 0 Å². The van der Waals surface area contributed by atoms with E-state index < -0.39 is 10.0 Å². The van der Waals surface area contributed by atoms with E-state index in [4.69, 9.17) is 4.42 Å². The van der Waals surface area contributed by atoms with Gasteiger partial charge in [-0.05, 0) is 27.2 Å². The van der Waals surface area contributed by atoms with Gasteiger partial charge in [0.15, 0.2) is 0 Å². The maximum absolute atomic E-state index is 12.2. The van der Waals surface area contributed by atoms with Crippen molar-refractivity contribution < 1.29 is 17.9 Å². The fraction of sp³-hybridized carbons (Fsp3) is 0.667. The highest BCUT2D eigenvalue weighted by Crippen LogP contribution is 2.26. The van der Waals surface area contributed by atoms with E-state index in [-0.39, 0.29) is 17.5 Å². The molecule has 2 N–H and O–H groups in total. The molecule has 0 aliphatic rings. The lowest BCUT2D eigenvalue weighted by Crippen LogP contribution is -2.33. The minimum Gasteiger partial charge on any atom is -0.465 e. The zero-order chi connectivity index (χ0) is 13.9. The van der Waals surface area contributed by atoms with Gasteiger partial charge in [-0.15, -0.1) is 0 Å². The van der Waals surface area contributed by atoms with Gasteiger partial charge in [0.1, 0.15) is 16.4 Å². The number of rotatable bonds is 6. The minimum atomic E-state index is -3.64. The number of aryl methyl sites for hydroxylation is 2. The van der Waals surface area contributed by atoms with Crippen molar-refractivity contribution in [2.45, 2.75) is 58.1 Å². The summed E-state index contributed by atoms with van der Waals surface area (Å²) in [5.41, 5.74) is 0.337. The monoisotopic (exact) mass is 275 g/mol. The van der Waals surface area contributed by atoms with E-state index in [1.807, 2.05) is 13.8 Å². The maximum Gasteiger partial charge on any atom is 0.244 e. The maximum atomic E-state index is 12.2. The Balaban J connectivity index is 3.12. The molecular formula is C12H21NO4S. The van der Waals surface area contributed by atoms with E-state index in [1.54, 1.807) is 13.8 Å².